The van der Waals surface area contributed by atoms with Crippen molar-refractivity contribution in [1.29, 1.82) is 0 Å². The van der Waals surface area contributed by atoms with Crippen LogP contribution >= 0.6 is 0 Å². The van der Waals surface area contributed by atoms with E-state index in [0.717, 1.165) is 11.1 Å². The number of nitrogens with one attached hydrogen (secondary N) is 1. The molecule has 0 unspecified atom stereocenters. The van der Waals surface area contributed by atoms with Gasteiger partial charge in [0, 0.05) is 6.92 Å². The van der Waals surface area contributed by atoms with E-state index in [4.69, 9.17) is 9.15 Å². The summed E-state index contributed by atoms with van der Waals surface area (Å²) in [7, 11) is 0. The van der Waals surface area contributed by atoms with Crippen LogP contribution in [0.5, 0.6) is 5.75 Å². The van der Waals surface area contributed by atoms with Gasteiger partial charge in [0.25, 0.3) is 5.91 Å². The number of amides is 1. The number of anilines is 1. The summed E-state index contributed by atoms with van der Waals surface area (Å²) >= 11 is 0. The topological polar surface area (TPSA) is 64.4 Å². The predicted octanol–water partition coefficient (Wildman–Crippen LogP) is 3.77. The van der Waals surface area contributed by atoms with Crippen LogP contribution in [0.15, 0.2) is 40.8 Å². The van der Waals surface area contributed by atoms with E-state index in [1.807, 2.05) is 44.2 Å². The largest absolute Gasteiger partial charge is 0.484 e. The van der Waals surface area contributed by atoms with Crippen LogP contribution in [-0.4, -0.2) is 17.5 Å². The number of benzene rings is 2. The quantitative estimate of drug-likeness (QED) is 0.796. The Kier molecular flexibility index (Phi) is 4.02. The Labute approximate surface area is 134 Å². The molecule has 23 heavy (non-hydrogen) atoms. The second kappa shape index (κ2) is 6.12. The van der Waals surface area contributed by atoms with Gasteiger partial charge >= 0.3 is 0 Å². The zero-order chi connectivity index (χ0) is 16.4. The number of hydrogen-bond acceptors (Lipinski definition) is 4. The molecule has 0 atom stereocenters. The van der Waals surface area contributed by atoms with E-state index < -0.39 is 0 Å². The van der Waals surface area contributed by atoms with Crippen LogP contribution in [0, 0.1) is 20.8 Å². The highest BCUT2D eigenvalue weighted by atomic mass is 16.5. The molecule has 3 aromatic rings. The molecule has 0 saturated carbocycles. The monoisotopic (exact) mass is 310 g/mol. The van der Waals surface area contributed by atoms with Crippen molar-refractivity contribution in [2.75, 3.05) is 11.9 Å². The van der Waals surface area contributed by atoms with Crippen LogP contribution in [0.25, 0.3) is 11.1 Å². The van der Waals surface area contributed by atoms with Crippen LogP contribution in [-0.2, 0) is 4.79 Å². The van der Waals surface area contributed by atoms with Gasteiger partial charge in [-0.25, -0.2) is 4.98 Å². The number of fused-ring (bicyclic) bond motifs is 1. The third-order valence-corrected chi connectivity index (χ3v) is 3.64. The predicted molar refractivity (Wildman–Crippen MR) is 88.8 cm³/mol. The molecule has 3 rings (SSSR count). The lowest BCUT2D eigenvalue weighted by Crippen LogP contribution is -2.20. The number of nitrogens with zero attached hydrogens (tertiary/aromatic N) is 1. The van der Waals surface area contributed by atoms with Crippen LogP contribution in [0.3, 0.4) is 0 Å². The van der Waals surface area contributed by atoms with Crippen molar-refractivity contribution < 1.29 is 13.9 Å². The molecule has 0 fully saturated rings. The van der Waals surface area contributed by atoms with Gasteiger partial charge in [0.1, 0.15) is 11.3 Å². The number of carbonyl (C=O) groups excluding carboxylic acids is 1. The maximum atomic E-state index is 12.1. The van der Waals surface area contributed by atoms with Crippen molar-refractivity contribution in [3.8, 4) is 5.75 Å². The van der Waals surface area contributed by atoms with Gasteiger partial charge in [0.05, 0.1) is 5.69 Å². The van der Waals surface area contributed by atoms with Gasteiger partial charge in [-0.3, -0.25) is 4.79 Å². The Bertz CT molecular complexity index is 868. The molecule has 5 heteroatoms. The molecule has 0 spiro atoms. The first-order valence-corrected chi connectivity index (χ1v) is 7.39. The molecule has 2 aromatic carbocycles. The van der Waals surface area contributed by atoms with Gasteiger partial charge in [-0.1, -0.05) is 12.1 Å². The number of aryl methyl sites for hydroxylation is 3. The van der Waals surface area contributed by atoms with Crippen molar-refractivity contribution in [2.24, 2.45) is 0 Å². The summed E-state index contributed by atoms with van der Waals surface area (Å²) in [5, 5.41) is 2.80. The molecule has 0 aliphatic carbocycles. The van der Waals surface area contributed by atoms with E-state index in [0.29, 0.717) is 22.9 Å². The number of hydrogen-bond donors (Lipinski definition) is 1. The third-order valence-electron chi connectivity index (χ3n) is 3.64. The van der Waals surface area contributed by atoms with E-state index in [1.54, 1.807) is 13.0 Å². The van der Waals surface area contributed by atoms with Gasteiger partial charge in [0.15, 0.2) is 18.1 Å². The maximum Gasteiger partial charge on any atom is 0.262 e. The minimum absolute atomic E-state index is 0.0635. The van der Waals surface area contributed by atoms with Crippen LogP contribution < -0.4 is 10.1 Å². The zero-order valence-electron chi connectivity index (χ0n) is 13.3. The minimum Gasteiger partial charge on any atom is -0.484 e. The summed E-state index contributed by atoms with van der Waals surface area (Å²) in [6.45, 7) is 5.75. The van der Waals surface area contributed by atoms with E-state index >= 15 is 0 Å². The fraction of sp³-hybridized carbons (Fsp3) is 0.222. The molecular weight excluding hydrogens is 292 g/mol. The van der Waals surface area contributed by atoms with Crippen molar-refractivity contribution in [1.82, 2.24) is 4.98 Å². The SMILES string of the molecule is Cc1nc2cccc(NC(=O)COc3ccc(C)c(C)c3)c2o1. The lowest BCUT2D eigenvalue weighted by molar-refractivity contribution is -0.118. The summed E-state index contributed by atoms with van der Waals surface area (Å²) in [4.78, 5) is 16.3. The van der Waals surface area contributed by atoms with Gasteiger partial charge in [0.2, 0.25) is 0 Å². The highest BCUT2D eigenvalue weighted by Gasteiger charge is 2.11. The van der Waals surface area contributed by atoms with Crippen molar-refractivity contribution in [3.05, 3.63) is 53.4 Å². The summed E-state index contributed by atoms with van der Waals surface area (Å²) in [5.41, 5.74) is 4.20. The number of oxazole rings is 1. The number of ether oxygens (including phenoxy) is 1. The molecule has 5 nitrogen and oxygen atoms in total. The summed E-state index contributed by atoms with van der Waals surface area (Å²) in [5.74, 6) is 0.995. The fourth-order valence-corrected chi connectivity index (χ4v) is 2.30. The van der Waals surface area contributed by atoms with Gasteiger partial charge < -0.3 is 14.5 Å². The average Bonchev–Trinajstić information content (AvgIpc) is 2.90. The summed E-state index contributed by atoms with van der Waals surface area (Å²) in [6.07, 6.45) is 0. The molecule has 1 heterocycles. The molecule has 0 bridgehead atoms. The lowest BCUT2D eigenvalue weighted by atomic mass is 10.1. The molecule has 0 radical (unpaired) electrons. The minimum atomic E-state index is -0.246. The van der Waals surface area contributed by atoms with E-state index in [9.17, 15) is 4.79 Å². The molecule has 1 N–H and O–H groups in total. The molecular formula is C18H18N2O3. The number of para-hydroxylation sites is 1. The second-order valence-electron chi connectivity index (χ2n) is 5.47. The Morgan fingerprint density at radius 3 is 2.78 bits per heavy atom. The van der Waals surface area contributed by atoms with E-state index in [1.165, 1.54) is 5.56 Å². The molecule has 0 aliphatic rings. The maximum absolute atomic E-state index is 12.1. The van der Waals surface area contributed by atoms with Gasteiger partial charge in [-0.2, -0.15) is 0 Å². The Balaban J connectivity index is 1.67. The van der Waals surface area contributed by atoms with Crippen molar-refractivity contribution in [2.45, 2.75) is 20.8 Å². The lowest BCUT2D eigenvalue weighted by Gasteiger charge is -2.09. The first kappa shape index (κ1) is 15.1. The molecule has 0 saturated heterocycles. The summed E-state index contributed by atoms with van der Waals surface area (Å²) < 4.78 is 11.1. The number of rotatable bonds is 4. The first-order valence-electron chi connectivity index (χ1n) is 7.39. The van der Waals surface area contributed by atoms with E-state index in [2.05, 4.69) is 10.3 Å². The van der Waals surface area contributed by atoms with Gasteiger partial charge in [-0.05, 0) is 49.2 Å². The Morgan fingerprint density at radius 2 is 2.00 bits per heavy atom. The van der Waals surface area contributed by atoms with E-state index in [-0.39, 0.29) is 12.5 Å². The third kappa shape index (κ3) is 3.34. The van der Waals surface area contributed by atoms with Gasteiger partial charge in [-0.15, -0.1) is 0 Å². The zero-order valence-corrected chi connectivity index (χ0v) is 13.3. The smallest absolute Gasteiger partial charge is 0.262 e. The molecule has 118 valence electrons. The Hall–Kier alpha value is -2.82. The normalized spacial score (nSPS) is 10.7. The average molecular weight is 310 g/mol. The van der Waals surface area contributed by atoms with Crippen molar-refractivity contribution in [3.63, 3.8) is 0 Å². The summed E-state index contributed by atoms with van der Waals surface area (Å²) in [6, 6.07) is 11.2. The van der Waals surface area contributed by atoms with Crippen LogP contribution in [0.1, 0.15) is 17.0 Å². The first-order chi connectivity index (χ1) is 11.0. The molecule has 0 aliphatic heterocycles. The Morgan fingerprint density at radius 1 is 1.17 bits per heavy atom. The highest BCUT2D eigenvalue weighted by molar-refractivity contribution is 5.99. The standard InChI is InChI=1S/C18H18N2O3/c1-11-7-8-14(9-12(11)2)22-10-17(21)20-16-6-4-5-15-18(16)23-13(3)19-15/h4-9H,10H2,1-3H3,(H,20,21). The van der Waals surface area contributed by atoms with Crippen molar-refractivity contribution >= 4 is 22.7 Å². The fourth-order valence-electron chi connectivity index (χ4n) is 2.30. The van der Waals surface area contributed by atoms with Crippen LogP contribution in [0.4, 0.5) is 5.69 Å². The highest BCUT2D eigenvalue weighted by Crippen LogP contribution is 2.24. The molecule has 1 aromatic heterocycles. The van der Waals surface area contributed by atoms with Crippen LogP contribution in [0.2, 0.25) is 0 Å². The number of aromatic nitrogens is 1. The number of carbonyl (C=O) groups is 1. The molecule has 1 amide bonds. The second-order valence-corrected chi connectivity index (χ2v) is 5.47.